The van der Waals surface area contributed by atoms with Gasteiger partial charge in [-0.2, -0.15) is 0 Å². The molecule has 0 unspecified atom stereocenters. The number of aromatic nitrogens is 2. The summed E-state index contributed by atoms with van der Waals surface area (Å²) in [4.78, 5) is 43.0. The highest BCUT2D eigenvalue weighted by atomic mass is 32.1. The first kappa shape index (κ1) is 15.7. The zero-order valence-corrected chi connectivity index (χ0v) is 13.8. The van der Waals surface area contributed by atoms with E-state index in [1.54, 1.807) is 4.90 Å². The van der Waals surface area contributed by atoms with Gasteiger partial charge in [0.1, 0.15) is 5.56 Å². The number of amides is 1. The van der Waals surface area contributed by atoms with E-state index in [2.05, 4.69) is 4.98 Å². The molecule has 8 heteroatoms. The Bertz CT molecular complexity index is 818. The minimum absolute atomic E-state index is 0.0699. The SMILES string of the molecule is COC(=O)C1CCN(C(=O)c2cnc3scc(C)n3c2=O)CC1. The summed E-state index contributed by atoms with van der Waals surface area (Å²) in [6.07, 6.45) is 2.45. The summed E-state index contributed by atoms with van der Waals surface area (Å²) in [5, 5.41) is 1.83. The molecule has 1 saturated heterocycles. The van der Waals surface area contributed by atoms with Gasteiger partial charge < -0.3 is 9.64 Å². The first-order valence-electron chi connectivity index (χ1n) is 7.36. The van der Waals surface area contributed by atoms with Gasteiger partial charge in [-0.15, -0.1) is 11.3 Å². The summed E-state index contributed by atoms with van der Waals surface area (Å²) in [5.41, 5.74) is 0.496. The molecule has 0 saturated carbocycles. The minimum Gasteiger partial charge on any atom is -0.469 e. The second-order valence-electron chi connectivity index (χ2n) is 5.56. The fourth-order valence-corrected chi connectivity index (χ4v) is 3.65. The van der Waals surface area contributed by atoms with Crippen LogP contribution in [0.2, 0.25) is 0 Å². The van der Waals surface area contributed by atoms with Crippen LogP contribution in [0.4, 0.5) is 0 Å². The highest BCUT2D eigenvalue weighted by Gasteiger charge is 2.29. The first-order chi connectivity index (χ1) is 11.0. The number of hydrogen-bond donors (Lipinski definition) is 0. The molecular weight excluding hydrogens is 318 g/mol. The maximum Gasteiger partial charge on any atom is 0.308 e. The molecule has 23 heavy (non-hydrogen) atoms. The first-order valence-corrected chi connectivity index (χ1v) is 8.24. The highest BCUT2D eigenvalue weighted by molar-refractivity contribution is 7.15. The number of hydrogen-bond acceptors (Lipinski definition) is 6. The Morgan fingerprint density at radius 2 is 2.04 bits per heavy atom. The molecule has 3 rings (SSSR count). The largest absolute Gasteiger partial charge is 0.469 e. The average molecular weight is 335 g/mol. The lowest BCUT2D eigenvalue weighted by Gasteiger charge is -2.30. The summed E-state index contributed by atoms with van der Waals surface area (Å²) >= 11 is 1.37. The molecule has 0 aliphatic carbocycles. The summed E-state index contributed by atoms with van der Waals surface area (Å²) in [6.45, 7) is 2.68. The quantitative estimate of drug-likeness (QED) is 0.768. The monoisotopic (exact) mass is 335 g/mol. The van der Waals surface area contributed by atoms with Crippen molar-refractivity contribution in [1.82, 2.24) is 14.3 Å². The van der Waals surface area contributed by atoms with Crippen molar-refractivity contribution in [3.8, 4) is 0 Å². The van der Waals surface area contributed by atoms with E-state index in [1.807, 2.05) is 12.3 Å². The lowest BCUT2D eigenvalue weighted by molar-refractivity contribution is -0.146. The molecule has 2 aromatic rings. The average Bonchev–Trinajstić information content (AvgIpc) is 2.96. The van der Waals surface area contributed by atoms with Crippen LogP contribution in [0, 0.1) is 12.8 Å². The molecule has 0 N–H and O–H groups in total. The van der Waals surface area contributed by atoms with Crippen molar-refractivity contribution in [1.29, 1.82) is 0 Å². The molecular formula is C15H17N3O4S. The van der Waals surface area contributed by atoms with Gasteiger partial charge >= 0.3 is 5.97 Å². The van der Waals surface area contributed by atoms with Crippen molar-refractivity contribution in [2.24, 2.45) is 5.92 Å². The Balaban J connectivity index is 1.82. The molecule has 1 fully saturated rings. The predicted octanol–water partition coefficient (Wildman–Crippen LogP) is 1.09. The van der Waals surface area contributed by atoms with Gasteiger partial charge in [0, 0.05) is 30.4 Å². The maximum atomic E-state index is 12.6. The highest BCUT2D eigenvalue weighted by Crippen LogP contribution is 2.20. The zero-order chi connectivity index (χ0) is 16.6. The Morgan fingerprint density at radius 1 is 1.35 bits per heavy atom. The third-order valence-electron chi connectivity index (χ3n) is 4.16. The lowest BCUT2D eigenvalue weighted by Crippen LogP contribution is -2.42. The normalized spacial score (nSPS) is 15.8. The third kappa shape index (κ3) is 2.74. The van der Waals surface area contributed by atoms with Crippen molar-refractivity contribution < 1.29 is 14.3 Å². The number of piperidine rings is 1. The van der Waals surface area contributed by atoms with Gasteiger partial charge in [0.15, 0.2) is 4.96 Å². The number of esters is 1. The van der Waals surface area contributed by atoms with Gasteiger partial charge in [-0.1, -0.05) is 0 Å². The number of ether oxygens (including phenoxy) is 1. The van der Waals surface area contributed by atoms with Crippen LogP contribution in [0.3, 0.4) is 0 Å². The summed E-state index contributed by atoms with van der Waals surface area (Å²) in [7, 11) is 1.37. The van der Waals surface area contributed by atoms with E-state index >= 15 is 0 Å². The van der Waals surface area contributed by atoms with Crippen LogP contribution in [0.1, 0.15) is 28.9 Å². The van der Waals surface area contributed by atoms with E-state index in [0.717, 1.165) is 5.69 Å². The standard InChI is InChI=1S/C15H17N3O4S/c1-9-8-23-15-16-7-11(13(20)18(9)15)12(19)17-5-3-10(4-6-17)14(21)22-2/h7-8,10H,3-6H2,1-2H3. The number of rotatable bonds is 2. The Hall–Kier alpha value is -2.22. The zero-order valence-electron chi connectivity index (χ0n) is 12.9. The second-order valence-corrected chi connectivity index (χ2v) is 6.40. The van der Waals surface area contributed by atoms with Gasteiger partial charge in [0.05, 0.1) is 13.0 Å². The molecule has 0 radical (unpaired) electrons. The van der Waals surface area contributed by atoms with Crippen LogP contribution in [-0.2, 0) is 9.53 Å². The Morgan fingerprint density at radius 3 is 2.70 bits per heavy atom. The van der Waals surface area contributed by atoms with Crippen LogP contribution in [-0.4, -0.2) is 46.4 Å². The third-order valence-corrected chi connectivity index (χ3v) is 5.12. The van der Waals surface area contributed by atoms with Crippen molar-refractivity contribution in [2.45, 2.75) is 19.8 Å². The molecule has 1 aliphatic rings. The predicted molar refractivity (Wildman–Crippen MR) is 84.7 cm³/mol. The molecule has 3 heterocycles. The molecule has 0 aromatic carbocycles. The molecule has 0 atom stereocenters. The number of likely N-dealkylation sites (tertiary alicyclic amines) is 1. The van der Waals surface area contributed by atoms with E-state index in [1.165, 1.54) is 29.0 Å². The lowest BCUT2D eigenvalue weighted by atomic mass is 9.96. The molecule has 0 spiro atoms. The number of nitrogens with zero attached hydrogens (tertiary/aromatic N) is 3. The number of carbonyl (C=O) groups excluding carboxylic acids is 2. The smallest absolute Gasteiger partial charge is 0.308 e. The summed E-state index contributed by atoms with van der Waals surface area (Å²) < 4.78 is 6.19. The number of carbonyl (C=O) groups is 2. The number of methoxy groups -OCH3 is 1. The molecule has 1 aliphatic heterocycles. The fourth-order valence-electron chi connectivity index (χ4n) is 2.83. The Labute approximate surface area is 136 Å². The van der Waals surface area contributed by atoms with Crippen LogP contribution in [0.25, 0.3) is 4.96 Å². The van der Waals surface area contributed by atoms with Crippen LogP contribution in [0.5, 0.6) is 0 Å². The van der Waals surface area contributed by atoms with E-state index in [0.29, 0.717) is 30.9 Å². The van der Waals surface area contributed by atoms with Crippen molar-refractivity contribution >= 4 is 28.2 Å². The molecule has 122 valence electrons. The molecule has 7 nitrogen and oxygen atoms in total. The van der Waals surface area contributed by atoms with Crippen molar-refractivity contribution in [3.05, 3.63) is 33.2 Å². The number of fused-ring (bicyclic) bond motifs is 1. The van der Waals surface area contributed by atoms with Crippen LogP contribution >= 0.6 is 11.3 Å². The Kier molecular flexibility index (Phi) is 4.16. The summed E-state index contributed by atoms with van der Waals surface area (Å²) in [6, 6.07) is 0. The molecule has 2 aromatic heterocycles. The van der Waals surface area contributed by atoms with Gasteiger partial charge in [0.25, 0.3) is 11.5 Å². The van der Waals surface area contributed by atoms with Gasteiger partial charge in [-0.25, -0.2) is 4.98 Å². The molecule has 0 bridgehead atoms. The fraction of sp³-hybridized carbons (Fsp3) is 0.467. The topological polar surface area (TPSA) is 81.0 Å². The van der Waals surface area contributed by atoms with Gasteiger partial charge in [-0.3, -0.25) is 18.8 Å². The van der Waals surface area contributed by atoms with Crippen molar-refractivity contribution in [3.63, 3.8) is 0 Å². The number of thiazole rings is 1. The minimum atomic E-state index is -0.339. The van der Waals surface area contributed by atoms with E-state index in [-0.39, 0.29) is 28.9 Å². The van der Waals surface area contributed by atoms with Crippen LogP contribution in [0.15, 0.2) is 16.4 Å². The maximum absolute atomic E-state index is 12.6. The van der Waals surface area contributed by atoms with E-state index in [9.17, 15) is 14.4 Å². The van der Waals surface area contributed by atoms with Crippen molar-refractivity contribution in [2.75, 3.05) is 20.2 Å². The van der Waals surface area contributed by atoms with Gasteiger partial charge in [-0.05, 0) is 19.8 Å². The van der Waals surface area contributed by atoms with Gasteiger partial charge in [0.2, 0.25) is 0 Å². The van der Waals surface area contributed by atoms with E-state index in [4.69, 9.17) is 4.74 Å². The number of aryl methyl sites for hydroxylation is 1. The second kappa shape index (κ2) is 6.11. The van der Waals surface area contributed by atoms with Crippen LogP contribution < -0.4 is 5.56 Å². The van der Waals surface area contributed by atoms with E-state index < -0.39 is 0 Å². The molecule has 1 amide bonds. The summed E-state index contributed by atoms with van der Waals surface area (Å²) in [5.74, 6) is -0.746.